The summed E-state index contributed by atoms with van der Waals surface area (Å²) >= 11 is 0. The topological polar surface area (TPSA) is 38.7 Å². The van der Waals surface area contributed by atoms with Crippen molar-refractivity contribution >= 4 is 0 Å². The maximum absolute atomic E-state index is 9.90. The van der Waals surface area contributed by atoms with Gasteiger partial charge in [0.2, 0.25) is 0 Å². The van der Waals surface area contributed by atoms with Crippen LogP contribution in [0.25, 0.3) is 0 Å². The van der Waals surface area contributed by atoms with Crippen LogP contribution in [-0.4, -0.2) is 18.3 Å². The molecule has 0 amide bonds. The molecule has 0 saturated heterocycles. The zero-order valence-electron chi connectivity index (χ0n) is 8.90. The van der Waals surface area contributed by atoms with Crippen molar-refractivity contribution in [2.24, 2.45) is 0 Å². The lowest BCUT2D eigenvalue weighted by Gasteiger charge is -2.14. The number of hydrogen-bond acceptors (Lipinski definition) is 3. The lowest BCUT2D eigenvalue weighted by Crippen LogP contribution is -2.01. The zero-order valence-corrected chi connectivity index (χ0v) is 8.90. The predicted octanol–water partition coefficient (Wildman–Crippen LogP) is 2.29. The van der Waals surface area contributed by atoms with Gasteiger partial charge in [0.25, 0.3) is 0 Å². The highest BCUT2D eigenvalue weighted by atomic mass is 16.5. The van der Waals surface area contributed by atoms with Crippen LogP contribution in [0.1, 0.15) is 31.4 Å². The Labute approximate surface area is 89.6 Å². The van der Waals surface area contributed by atoms with E-state index in [1.807, 2.05) is 25.1 Å². The number of benzene rings is 1. The van der Waals surface area contributed by atoms with E-state index in [1.165, 1.54) is 0 Å². The molecule has 3 heteroatoms. The lowest BCUT2D eigenvalue weighted by molar-refractivity contribution is 0.167. The normalized spacial score (nSPS) is 20.0. The van der Waals surface area contributed by atoms with E-state index in [0.29, 0.717) is 19.0 Å². The highest BCUT2D eigenvalue weighted by Gasteiger charge is 2.20. The van der Waals surface area contributed by atoms with Gasteiger partial charge in [0, 0.05) is 5.56 Å². The highest BCUT2D eigenvalue weighted by Crippen LogP contribution is 2.38. The first-order valence-electron chi connectivity index (χ1n) is 5.39. The van der Waals surface area contributed by atoms with Crippen LogP contribution < -0.4 is 9.47 Å². The Hall–Kier alpha value is -1.22. The first kappa shape index (κ1) is 10.3. The van der Waals surface area contributed by atoms with Crippen LogP contribution in [0.2, 0.25) is 0 Å². The fraction of sp³-hybridized carbons (Fsp3) is 0.500. The van der Waals surface area contributed by atoms with Gasteiger partial charge in [-0.1, -0.05) is 12.1 Å². The molecule has 0 saturated carbocycles. The van der Waals surface area contributed by atoms with Gasteiger partial charge in [-0.15, -0.1) is 0 Å². The fourth-order valence-electron chi connectivity index (χ4n) is 1.83. The summed E-state index contributed by atoms with van der Waals surface area (Å²) in [4.78, 5) is 0. The Morgan fingerprint density at radius 2 is 2.40 bits per heavy atom. The minimum atomic E-state index is -0.428. The van der Waals surface area contributed by atoms with Crippen molar-refractivity contribution in [3.05, 3.63) is 23.8 Å². The molecule has 0 fully saturated rings. The quantitative estimate of drug-likeness (QED) is 0.810. The molecular formula is C12H16O3. The van der Waals surface area contributed by atoms with E-state index in [1.54, 1.807) is 0 Å². The molecule has 0 radical (unpaired) electrons. The van der Waals surface area contributed by atoms with Gasteiger partial charge in [-0.2, -0.15) is 0 Å². The first-order valence-corrected chi connectivity index (χ1v) is 5.39. The minimum absolute atomic E-state index is 0.428. The summed E-state index contributed by atoms with van der Waals surface area (Å²) in [5.74, 6) is 1.44. The summed E-state index contributed by atoms with van der Waals surface area (Å²) in [7, 11) is 0. The summed E-state index contributed by atoms with van der Waals surface area (Å²) in [5, 5.41) is 9.90. The van der Waals surface area contributed by atoms with Gasteiger partial charge in [-0.05, 0) is 25.8 Å². The van der Waals surface area contributed by atoms with Crippen molar-refractivity contribution in [3.8, 4) is 11.5 Å². The van der Waals surface area contributed by atoms with Crippen molar-refractivity contribution in [2.45, 2.75) is 25.9 Å². The van der Waals surface area contributed by atoms with E-state index in [0.717, 1.165) is 24.2 Å². The van der Waals surface area contributed by atoms with Crippen LogP contribution in [-0.2, 0) is 0 Å². The van der Waals surface area contributed by atoms with Crippen molar-refractivity contribution in [2.75, 3.05) is 13.2 Å². The van der Waals surface area contributed by atoms with E-state index in [4.69, 9.17) is 9.47 Å². The molecule has 1 heterocycles. The highest BCUT2D eigenvalue weighted by molar-refractivity contribution is 5.48. The second kappa shape index (κ2) is 4.53. The third kappa shape index (κ3) is 2.07. The third-order valence-electron chi connectivity index (χ3n) is 2.54. The monoisotopic (exact) mass is 208 g/mol. The van der Waals surface area contributed by atoms with E-state index in [-0.39, 0.29) is 0 Å². The van der Waals surface area contributed by atoms with Gasteiger partial charge in [0.05, 0.1) is 19.3 Å². The SMILES string of the molecule is CCOc1cccc2c1OCCC[C@@H]2O. The summed E-state index contributed by atoms with van der Waals surface area (Å²) in [6, 6.07) is 5.66. The molecule has 0 aliphatic carbocycles. The molecule has 0 spiro atoms. The molecule has 1 aliphatic heterocycles. The van der Waals surface area contributed by atoms with Gasteiger partial charge in [-0.3, -0.25) is 0 Å². The molecule has 0 unspecified atom stereocenters. The molecule has 1 aliphatic rings. The van der Waals surface area contributed by atoms with Crippen molar-refractivity contribution in [1.29, 1.82) is 0 Å². The molecule has 0 bridgehead atoms. The largest absolute Gasteiger partial charge is 0.490 e. The maximum atomic E-state index is 9.90. The van der Waals surface area contributed by atoms with E-state index < -0.39 is 6.10 Å². The molecule has 2 rings (SSSR count). The molecule has 1 atom stereocenters. The van der Waals surface area contributed by atoms with Gasteiger partial charge < -0.3 is 14.6 Å². The summed E-state index contributed by atoms with van der Waals surface area (Å²) < 4.78 is 11.1. The smallest absolute Gasteiger partial charge is 0.166 e. The molecule has 0 aromatic heterocycles. The molecule has 15 heavy (non-hydrogen) atoms. The average Bonchev–Trinajstić information content (AvgIpc) is 2.43. The van der Waals surface area contributed by atoms with Crippen molar-refractivity contribution in [3.63, 3.8) is 0 Å². The van der Waals surface area contributed by atoms with Crippen LogP contribution in [0.15, 0.2) is 18.2 Å². The number of hydrogen-bond donors (Lipinski definition) is 1. The number of ether oxygens (including phenoxy) is 2. The van der Waals surface area contributed by atoms with Crippen LogP contribution in [0.5, 0.6) is 11.5 Å². The Morgan fingerprint density at radius 3 is 3.20 bits per heavy atom. The van der Waals surface area contributed by atoms with E-state index in [9.17, 15) is 5.11 Å². The molecule has 82 valence electrons. The minimum Gasteiger partial charge on any atom is -0.490 e. The van der Waals surface area contributed by atoms with Crippen LogP contribution in [0.3, 0.4) is 0 Å². The van der Waals surface area contributed by atoms with E-state index >= 15 is 0 Å². The number of fused-ring (bicyclic) bond motifs is 1. The predicted molar refractivity (Wildman–Crippen MR) is 57.3 cm³/mol. The van der Waals surface area contributed by atoms with Gasteiger partial charge >= 0.3 is 0 Å². The standard InChI is InChI=1S/C12H16O3/c1-2-14-11-7-3-5-9-10(13)6-4-8-15-12(9)11/h3,5,7,10,13H,2,4,6,8H2,1H3/t10-/m0/s1. The van der Waals surface area contributed by atoms with Gasteiger partial charge in [0.15, 0.2) is 11.5 Å². The zero-order chi connectivity index (χ0) is 10.7. The molecule has 1 N–H and O–H groups in total. The van der Waals surface area contributed by atoms with Gasteiger partial charge in [-0.25, -0.2) is 0 Å². The molecule has 1 aromatic rings. The van der Waals surface area contributed by atoms with Crippen LogP contribution in [0.4, 0.5) is 0 Å². The second-order valence-corrected chi connectivity index (χ2v) is 3.61. The number of rotatable bonds is 2. The fourth-order valence-corrected chi connectivity index (χ4v) is 1.83. The molecular weight excluding hydrogens is 192 g/mol. The Balaban J connectivity index is 2.39. The second-order valence-electron chi connectivity index (χ2n) is 3.61. The summed E-state index contributed by atoms with van der Waals surface area (Å²) in [6.07, 6.45) is 1.20. The summed E-state index contributed by atoms with van der Waals surface area (Å²) in [5.41, 5.74) is 0.846. The Morgan fingerprint density at radius 1 is 1.53 bits per heavy atom. The van der Waals surface area contributed by atoms with E-state index in [2.05, 4.69) is 0 Å². The molecule has 3 nitrogen and oxygen atoms in total. The third-order valence-corrected chi connectivity index (χ3v) is 2.54. The van der Waals surface area contributed by atoms with Crippen molar-refractivity contribution in [1.82, 2.24) is 0 Å². The van der Waals surface area contributed by atoms with Crippen LogP contribution >= 0.6 is 0 Å². The lowest BCUT2D eigenvalue weighted by atomic mass is 10.0. The molecule has 1 aromatic carbocycles. The summed E-state index contributed by atoms with van der Waals surface area (Å²) in [6.45, 7) is 3.19. The van der Waals surface area contributed by atoms with Crippen LogP contribution in [0, 0.1) is 0 Å². The number of aliphatic hydroxyl groups is 1. The first-order chi connectivity index (χ1) is 7.33. The number of para-hydroxylation sites is 1. The average molecular weight is 208 g/mol. The Kier molecular flexibility index (Phi) is 3.11. The Bertz CT molecular complexity index is 336. The maximum Gasteiger partial charge on any atom is 0.166 e. The number of aliphatic hydroxyl groups excluding tert-OH is 1. The van der Waals surface area contributed by atoms with Gasteiger partial charge in [0.1, 0.15) is 0 Å². The van der Waals surface area contributed by atoms with Crippen molar-refractivity contribution < 1.29 is 14.6 Å².